The van der Waals surface area contributed by atoms with Gasteiger partial charge in [-0.2, -0.15) is 0 Å². The second-order valence-corrected chi connectivity index (χ2v) is 8.21. The van der Waals surface area contributed by atoms with Gasteiger partial charge in [0, 0.05) is 32.1 Å². The van der Waals surface area contributed by atoms with E-state index in [0.29, 0.717) is 32.0 Å². The minimum Gasteiger partial charge on any atom is -0.357 e. The van der Waals surface area contributed by atoms with Crippen molar-refractivity contribution in [2.45, 2.75) is 40.0 Å². The van der Waals surface area contributed by atoms with Gasteiger partial charge in [0.1, 0.15) is 0 Å². The average molecular weight is 496 g/mol. The molecule has 8 heteroatoms. The van der Waals surface area contributed by atoms with Gasteiger partial charge in [0.2, 0.25) is 10.0 Å². The van der Waals surface area contributed by atoms with E-state index < -0.39 is 10.0 Å². The van der Waals surface area contributed by atoms with E-state index in [1.54, 1.807) is 6.92 Å². The lowest BCUT2D eigenvalue weighted by Gasteiger charge is -2.14. The van der Waals surface area contributed by atoms with Crippen molar-refractivity contribution >= 4 is 40.0 Å². The average Bonchev–Trinajstić information content (AvgIpc) is 2.58. The normalized spacial score (nSPS) is 13.0. The minimum atomic E-state index is -3.11. The molecule has 1 atom stereocenters. The molecule has 0 spiro atoms. The highest BCUT2D eigenvalue weighted by Gasteiger charge is 2.07. The Morgan fingerprint density at radius 2 is 1.92 bits per heavy atom. The molecule has 0 aromatic heterocycles. The van der Waals surface area contributed by atoms with E-state index in [2.05, 4.69) is 58.5 Å². The zero-order valence-corrected chi connectivity index (χ0v) is 19.4. The minimum absolute atomic E-state index is 0. The first-order valence-corrected chi connectivity index (χ1v) is 10.6. The van der Waals surface area contributed by atoms with Gasteiger partial charge in [-0.25, -0.2) is 13.1 Å². The van der Waals surface area contributed by atoms with Crippen LogP contribution in [0, 0.1) is 6.92 Å². The van der Waals surface area contributed by atoms with Crippen LogP contribution in [0.2, 0.25) is 0 Å². The topological polar surface area (TPSA) is 82.6 Å². The molecule has 0 aliphatic carbocycles. The Morgan fingerprint density at radius 1 is 1.19 bits per heavy atom. The smallest absolute Gasteiger partial charge is 0.211 e. The molecule has 0 aliphatic rings. The van der Waals surface area contributed by atoms with Crippen LogP contribution in [0.3, 0.4) is 0 Å². The number of aliphatic imine (C=N–C) groups is 1. The number of rotatable bonds is 10. The summed E-state index contributed by atoms with van der Waals surface area (Å²) in [6, 6.07) is 8.50. The van der Waals surface area contributed by atoms with Crippen LogP contribution in [-0.2, 0) is 10.0 Å². The third kappa shape index (κ3) is 10.3. The Kier molecular flexibility index (Phi) is 12.9. The lowest BCUT2D eigenvalue weighted by Crippen LogP contribution is -2.39. The predicted molar refractivity (Wildman–Crippen MR) is 121 cm³/mol. The molecule has 0 radical (unpaired) electrons. The van der Waals surface area contributed by atoms with Gasteiger partial charge in [-0.3, -0.25) is 4.99 Å². The second kappa shape index (κ2) is 13.3. The molecule has 0 bridgehead atoms. The Labute approximate surface area is 175 Å². The second-order valence-electron chi connectivity index (χ2n) is 6.11. The molecule has 0 heterocycles. The molecule has 1 rings (SSSR count). The van der Waals surface area contributed by atoms with Crippen molar-refractivity contribution < 1.29 is 8.42 Å². The summed E-state index contributed by atoms with van der Waals surface area (Å²) in [6.45, 7) is 10.5. The molecule has 0 fully saturated rings. The third-order valence-corrected chi connectivity index (χ3v) is 5.23. The van der Waals surface area contributed by atoms with Gasteiger partial charge in [-0.1, -0.05) is 36.8 Å². The number of nitrogens with one attached hydrogen (secondary N) is 3. The van der Waals surface area contributed by atoms with Crippen molar-refractivity contribution in [2.75, 3.05) is 31.9 Å². The zero-order valence-electron chi connectivity index (χ0n) is 16.2. The van der Waals surface area contributed by atoms with Crippen molar-refractivity contribution in [3.63, 3.8) is 0 Å². The number of hydrogen-bond acceptors (Lipinski definition) is 3. The monoisotopic (exact) mass is 496 g/mol. The quantitative estimate of drug-likeness (QED) is 0.201. The van der Waals surface area contributed by atoms with Gasteiger partial charge < -0.3 is 10.6 Å². The molecule has 6 nitrogen and oxygen atoms in total. The van der Waals surface area contributed by atoms with E-state index in [9.17, 15) is 8.42 Å². The van der Waals surface area contributed by atoms with Crippen molar-refractivity contribution in [3.8, 4) is 0 Å². The number of hydrogen-bond donors (Lipinski definition) is 3. The molecule has 0 saturated carbocycles. The summed E-state index contributed by atoms with van der Waals surface area (Å²) < 4.78 is 25.3. The largest absolute Gasteiger partial charge is 0.357 e. The van der Waals surface area contributed by atoms with E-state index in [4.69, 9.17) is 0 Å². The molecular formula is C18H33IN4O2S. The molecule has 0 saturated heterocycles. The standard InChI is InChI=1S/C18H32N4O2S.HI/c1-5-19-18(20-11-8-12-22-25(23,24)6-2)21-14-16(4)17-10-7-9-15(3)13-17;/h7,9-10,13,16,22H,5-6,8,11-12,14H2,1-4H3,(H2,19,20,21);1H. The summed E-state index contributed by atoms with van der Waals surface area (Å²) in [4.78, 5) is 4.64. The highest BCUT2D eigenvalue weighted by molar-refractivity contribution is 14.0. The lowest BCUT2D eigenvalue weighted by molar-refractivity contribution is 0.579. The number of halogens is 1. The molecular weight excluding hydrogens is 463 g/mol. The van der Waals surface area contributed by atoms with Crippen LogP contribution in [0.4, 0.5) is 0 Å². The first-order chi connectivity index (χ1) is 11.9. The number of nitrogens with zero attached hydrogens (tertiary/aromatic N) is 1. The predicted octanol–water partition coefficient (Wildman–Crippen LogP) is 2.60. The summed E-state index contributed by atoms with van der Waals surface area (Å²) >= 11 is 0. The first kappa shape index (κ1) is 25.1. The highest BCUT2D eigenvalue weighted by atomic mass is 127. The fourth-order valence-electron chi connectivity index (χ4n) is 2.28. The van der Waals surface area contributed by atoms with Crippen LogP contribution in [0.5, 0.6) is 0 Å². The molecule has 3 N–H and O–H groups in total. The maximum atomic E-state index is 11.4. The number of sulfonamides is 1. The van der Waals surface area contributed by atoms with E-state index in [1.165, 1.54) is 11.1 Å². The summed E-state index contributed by atoms with van der Waals surface area (Å²) in [5.74, 6) is 1.22. The summed E-state index contributed by atoms with van der Waals surface area (Å²) in [7, 11) is -3.11. The van der Waals surface area contributed by atoms with Crippen LogP contribution >= 0.6 is 24.0 Å². The van der Waals surface area contributed by atoms with E-state index >= 15 is 0 Å². The molecule has 1 unspecified atom stereocenters. The van der Waals surface area contributed by atoms with Crippen LogP contribution in [0.1, 0.15) is 44.2 Å². The molecule has 0 amide bonds. The van der Waals surface area contributed by atoms with E-state index in [-0.39, 0.29) is 29.7 Å². The van der Waals surface area contributed by atoms with Gasteiger partial charge in [-0.15, -0.1) is 24.0 Å². The number of benzene rings is 1. The van der Waals surface area contributed by atoms with Gasteiger partial charge >= 0.3 is 0 Å². The Hall–Kier alpha value is -0.870. The molecule has 1 aromatic carbocycles. The van der Waals surface area contributed by atoms with Crippen LogP contribution in [-0.4, -0.2) is 46.3 Å². The van der Waals surface area contributed by atoms with Crippen LogP contribution in [0.25, 0.3) is 0 Å². The van der Waals surface area contributed by atoms with Gasteiger partial charge in [0.25, 0.3) is 0 Å². The van der Waals surface area contributed by atoms with Gasteiger partial charge in [-0.05, 0) is 32.8 Å². The van der Waals surface area contributed by atoms with Crippen LogP contribution < -0.4 is 15.4 Å². The lowest BCUT2D eigenvalue weighted by atomic mass is 10.00. The van der Waals surface area contributed by atoms with Crippen molar-refractivity contribution in [3.05, 3.63) is 35.4 Å². The zero-order chi connectivity index (χ0) is 18.7. The number of guanidine groups is 1. The van der Waals surface area contributed by atoms with Crippen LogP contribution in [0.15, 0.2) is 29.3 Å². The van der Waals surface area contributed by atoms with E-state index in [0.717, 1.165) is 12.5 Å². The third-order valence-electron chi connectivity index (χ3n) is 3.83. The molecule has 0 aliphatic heterocycles. The Bertz CT molecular complexity index is 650. The van der Waals surface area contributed by atoms with Crippen molar-refractivity contribution in [1.82, 2.24) is 15.4 Å². The van der Waals surface area contributed by atoms with Gasteiger partial charge in [0.15, 0.2) is 5.96 Å². The number of aryl methyl sites for hydroxylation is 1. The fraction of sp³-hybridized carbons (Fsp3) is 0.611. The Balaban J connectivity index is 0.00000625. The summed E-state index contributed by atoms with van der Waals surface area (Å²) in [6.07, 6.45) is 0.705. The van der Waals surface area contributed by atoms with Crippen molar-refractivity contribution in [1.29, 1.82) is 0 Å². The SMILES string of the molecule is CCNC(=NCC(C)c1cccc(C)c1)NCCCNS(=O)(=O)CC.I. The highest BCUT2D eigenvalue weighted by Crippen LogP contribution is 2.16. The van der Waals surface area contributed by atoms with Gasteiger partial charge in [0.05, 0.1) is 5.75 Å². The molecule has 1 aromatic rings. The summed E-state index contributed by atoms with van der Waals surface area (Å²) in [5.41, 5.74) is 2.54. The fourth-order valence-corrected chi connectivity index (χ4v) is 2.94. The first-order valence-electron chi connectivity index (χ1n) is 8.94. The maximum Gasteiger partial charge on any atom is 0.211 e. The van der Waals surface area contributed by atoms with Crippen molar-refractivity contribution in [2.24, 2.45) is 4.99 Å². The van der Waals surface area contributed by atoms with E-state index in [1.807, 2.05) is 6.92 Å². The Morgan fingerprint density at radius 3 is 2.54 bits per heavy atom. The molecule has 26 heavy (non-hydrogen) atoms. The summed E-state index contributed by atoms with van der Waals surface area (Å²) in [5, 5.41) is 6.47. The maximum absolute atomic E-state index is 11.4. The molecule has 150 valence electrons.